The molecule has 0 aliphatic carbocycles. The van der Waals surface area contributed by atoms with Crippen molar-refractivity contribution in [3.63, 3.8) is 0 Å². The van der Waals surface area contributed by atoms with Crippen LogP contribution in [0.3, 0.4) is 0 Å². The van der Waals surface area contributed by atoms with Crippen LogP contribution in [0.1, 0.15) is 13.8 Å². The quantitative estimate of drug-likeness (QED) is 0.550. The maximum Gasteiger partial charge on any atom is 0.179 e. The smallest absolute Gasteiger partial charge is 0.179 e. The molecule has 1 aromatic carbocycles. The summed E-state index contributed by atoms with van der Waals surface area (Å²) in [5.74, 6) is -1.85. The Balaban J connectivity index is 1.98. The molecule has 7 nitrogen and oxygen atoms in total. The van der Waals surface area contributed by atoms with Gasteiger partial charge in [0, 0.05) is 24.5 Å². The van der Waals surface area contributed by atoms with E-state index >= 15 is 8.78 Å². The van der Waals surface area contributed by atoms with Crippen molar-refractivity contribution >= 4 is 28.3 Å². The van der Waals surface area contributed by atoms with Crippen LogP contribution in [-0.4, -0.2) is 54.5 Å². The number of fused-ring (bicyclic) bond motifs is 1. The van der Waals surface area contributed by atoms with E-state index in [0.29, 0.717) is 29.8 Å². The van der Waals surface area contributed by atoms with Gasteiger partial charge in [0.25, 0.3) is 0 Å². The van der Waals surface area contributed by atoms with Crippen molar-refractivity contribution in [1.82, 2.24) is 15.0 Å². The molecule has 1 aliphatic heterocycles. The van der Waals surface area contributed by atoms with Crippen LogP contribution in [-0.2, 0) is 4.74 Å². The number of rotatable bonds is 4. The second-order valence-corrected chi connectivity index (χ2v) is 7.73. The number of ether oxygens (including phenoxy) is 3. The Kier molecular flexibility index (Phi) is 5.81. The zero-order chi connectivity index (χ0) is 22.3. The van der Waals surface area contributed by atoms with Crippen molar-refractivity contribution in [2.45, 2.75) is 26.1 Å². The molecule has 0 N–H and O–H groups in total. The summed E-state index contributed by atoms with van der Waals surface area (Å²) in [6.07, 6.45) is 1.34. The Bertz CT molecular complexity index is 1110. The molecule has 1 saturated heterocycles. The largest absolute Gasteiger partial charge is 0.494 e. The topological polar surface area (TPSA) is 69.6 Å². The van der Waals surface area contributed by atoms with Crippen molar-refractivity contribution in [1.29, 1.82) is 0 Å². The van der Waals surface area contributed by atoms with Crippen LogP contribution >= 0.6 is 11.6 Å². The van der Waals surface area contributed by atoms with Gasteiger partial charge in [-0.25, -0.2) is 23.7 Å². The van der Waals surface area contributed by atoms with Crippen LogP contribution in [0.5, 0.6) is 11.5 Å². The highest BCUT2D eigenvalue weighted by atomic mass is 35.5. The van der Waals surface area contributed by atoms with E-state index in [-0.39, 0.29) is 34.7 Å². The molecule has 3 heterocycles. The zero-order valence-electron chi connectivity index (χ0n) is 17.4. The van der Waals surface area contributed by atoms with Crippen molar-refractivity contribution in [2.24, 2.45) is 0 Å². The molecule has 0 saturated carbocycles. The minimum Gasteiger partial charge on any atom is -0.494 e. The van der Waals surface area contributed by atoms with Gasteiger partial charge in [-0.05, 0) is 19.9 Å². The molecule has 0 amide bonds. The molecular formula is C21H21ClF2N4O3. The predicted molar refractivity (Wildman–Crippen MR) is 113 cm³/mol. The number of pyridine rings is 1. The third-order valence-electron chi connectivity index (χ3n) is 5.05. The van der Waals surface area contributed by atoms with Gasteiger partial charge in [0.2, 0.25) is 0 Å². The maximum atomic E-state index is 15.1. The minimum atomic E-state index is -0.920. The molecular weight excluding hydrogens is 430 g/mol. The third kappa shape index (κ3) is 3.95. The Morgan fingerprint density at radius 2 is 1.65 bits per heavy atom. The number of nitrogens with zero attached hydrogens (tertiary/aromatic N) is 4. The Labute approximate surface area is 182 Å². The molecule has 1 fully saturated rings. The van der Waals surface area contributed by atoms with Gasteiger partial charge >= 0.3 is 0 Å². The van der Waals surface area contributed by atoms with E-state index < -0.39 is 17.2 Å². The molecule has 1 aliphatic rings. The number of benzene rings is 1. The standard InChI is InChI=1S/C21H21ClF2N4O3/c1-10-8-28(9-11(2)31-10)21-12-5-16(22)25-7-13(12)26-20(27-21)17-18(23)14(29-3)6-15(30-4)19(17)24/h5-7,10-11H,8-9H2,1-4H3. The summed E-state index contributed by atoms with van der Waals surface area (Å²) >= 11 is 6.11. The van der Waals surface area contributed by atoms with Crippen LogP contribution < -0.4 is 14.4 Å². The van der Waals surface area contributed by atoms with Crippen molar-refractivity contribution < 1.29 is 23.0 Å². The fourth-order valence-electron chi connectivity index (χ4n) is 3.78. The molecule has 0 bridgehead atoms. The highest BCUT2D eigenvalue weighted by molar-refractivity contribution is 6.30. The molecule has 4 rings (SSSR count). The van der Waals surface area contributed by atoms with Crippen molar-refractivity contribution in [3.05, 3.63) is 35.1 Å². The molecule has 0 spiro atoms. The number of aromatic nitrogens is 3. The van der Waals surface area contributed by atoms with Gasteiger partial charge in [0.05, 0.1) is 43.7 Å². The first-order valence-corrected chi connectivity index (χ1v) is 10.0. The lowest BCUT2D eigenvalue weighted by Gasteiger charge is -2.36. The third-order valence-corrected chi connectivity index (χ3v) is 5.25. The van der Waals surface area contributed by atoms with Crippen LogP contribution in [0.15, 0.2) is 18.3 Å². The molecule has 31 heavy (non-hydrogen) atoms. The van der Waals surface area contributed by atoms with E-state index in [9.17, 15) is 0 Å². The highest BCUT2D eigenvalue weighted by Gasteiger charge is 2.28. The summed E-state index contributed by atoms with van der Waals surface area (Å²) < 4.78 is 46.2. The monoisotopic (exact) mass is 450 g/mol. The molecule has 164 valence electrons. The summed E-state index contributed by atoms with van der Waals surface area (Å²) in [6.45, 7) is 4.99. The van der Waals surface area contributed by atoms with Gasteiger partial charge in [-0.3, -0.25) is 0 Å². The Morgan fingerprint density at radius 3 is 2.23 bits per heavy atom. The van der Waals surface area contributed by atoms with E-state index in [1.165, 1.54) is 20.4 Å². The van der Waals surface area contributed by atoms with Crippen LogP contribution in [0.4, 0.5) is 14.6 Å². The summed E-state index contributed by atoms with van der Waals surface area (Å²) in [4.78, 5) is 15.0. The number of morpholine rings is 1. The average Bonchev–Trinajstić information content (AvgIpc) is 2.73. The average molecular weight is 451 g/mol. The van der Waals surface area contributed by atoms with Gasteiger partial charge in [0.15, 0.2) is 29.0 Å². The first-order valence-electron chi connectivity index (χ1n) is 9.66. The van der Waals surface area contributed by atoms with Crippen molar-refractivity contribution in [3.8, 4) is 22.9 Å². The lowest BCUT2D eigenvalue weighted by atomic mass is 10.1. The van der Waals surface area contributed by atoms with E-state index in [2.05, 4.69) is 15.0 Å². The summed E-state index contributed by atoms with van der Waals surface area (Å²) in [7, 11) is 2.57. The fourth-order valence-corrected chi connectivity index (χ4v) is 3.93. The summed E-state index contributed by atoms with van der Waals surface area (Å²) in [5, 5.41) is 0.889. The van der Waals surface area contributed by atoms with Gasteiger partial charge < -0.3 is 19.1 Å². The van der Waals surface area contributed by atoms with Crippen LogP contribution in [0.2, 0.25) is 5.15 Å². The van der Waals surface area contributed by atoms with E-state index in [1.54, 1.807) is 6.07 Å². The van der Waals surface area contributed by atoms with Gasteiger partial charge in [-0.1, -0.05) is 11.6 Å². The minimum absolute atomic E-state index is 0.0556. The maximum absolute atomic E-state index is 15.1. The second kappa shape index (κ2) is 8.39. The normalized spacial score (nSPS) is 19.0. The molecule has 3 aromatic rings. The van der Waals surface area contributed by atoms with E-state index in [1.807, 2.05) is 18.7 Å². The second-order valence-electron chi connectivity index (χ2n) is 7.34. The predicted octanol–water partition coefficient (Wildman–Crippen LogP) is 4.25. The lowest BCUT2D eigenvalue weighted by Crippen LogP contribution is -2.46. The lowest BCUT2D eigenvalue weighted by molar-refractivity contribution is -0.00536. The Hall–Kier alpha value is -2.78. The summed E-state index contributed by atoms with van der Waals surface area (Å²) in [5.41, 5.74) is -0.0413. The molecule has 0 radical (unpaired) electrons. The molecule has 2 aromatic heterocycles. The van der Waals surface area contributed by atoms with Gasteiger partial charge in [-0.15, -0.1) is 0 Å². The first-order chi connectivity index (χ1) is 14.8. The Morgan fingerprint density at radius 1 is 1.03 bits per heavy atom. The number of hydrogen-bond acceptors (Lipinski definition) is 7. The van der Waals surface area contributed by atoms with Crippen LogP contribution in [0, 0.1) is 11.6 Å². The van der Waals surface area contributed by atoms with E-state index in [4.69, 9.17) is 25.8 Å². The summed E-state index contributed by atoms with van der Waals surface area (Å²) in [6, 6.07) is 2.78. The highest BCUT2D eigenvalue weighted by Crippen LogP contribution is 2.38. The number of hydrogen-bond donors (Lipinski definition) is 0. The number of methoxy groups -OCH3 is 2. The van der Waals surface area contributed by atoms with Gasteiger partial charge in [-0.2, -0.15) is 0 Å². The molecule has 2 unspecified atom stereocenters. The molecule has 10 heteroatoms. The van der Waals surface area contributed by atoms with Crippen molar-refractivity contribution in [2.75, 3.05) is 32.2 Å². The molecule has 2 atom stereocenters. The zero-order valence-corrected chi connectivity index (χ0v) is 18.2. The van der Waals surface area contributed by atoms with Gasteiger partial charge in [0.1, 0.15) is 11.0 Å². The SMILES string of the molecule is COc1cc(OC)c(F)c(-c2nc(N3CC(C)OC(C)C3)c3cc(Cl)ncc3n2)c1F. The first kappa shape index (κ1) is 21.5. The van der Waals surface area contributed by atoms with E-state index in [0.717, 1.165) is 6.07 Å². The number of anilines is 1. The number of halogens is 3. The van der Waals surface area contributed by atoms with Crippen LogP contribution in [0.25, 0.3) is 22.3 Å². The fraction of sp³-hybridized carbons (Fsp3) is 0.381.